The molecule has 1 heterocycles. The molecule has 0 unspecified atom stereocenters. The molecule has 26 heavy (non-hydrogen) atoms. The molecule has 3 rings (SSSR count). The number of amides is 2. The van der Waals surface area contributed by atoms with E-state index in [1.54, 1.807) is 23.9 Å². The van der Waals surface area contributed by atoms with Gasteiger partial charge in [-0.3, -0.25) is 9.59 Å². The Morgan fingerprint density at radius 2 is 1.96 bits per heavy atom. The lowest BCUT2D eigenvalue weighted by atomic mass is 10.1. The molecule has 0 radical (unpaired) electrons. The smallest absolute Gasteiger partial charge is 0.266 e. The van der Waals surface area contributed by atoms with E-state index in [-0.39, 0.29) is 18.2 Å². The van der Waals surface area contributed by atoms with Gasteiger partial charge in [-0.2, -0.15) is 11.8 Å². The van der Waals surface area contributed by atoms with E-state index < -0.39 is 6.10 Å². The van der Waals surface area contributed by atoms with Gasteiger partial charge in [-0.1, -0.05) is 35.9 Å². The van der Waals surface area contributed by atoms with Crippen molar-refractivity contribution < 1.29 is 14.3 Å². The number of carbonyl (C=O) groups excluding carboxylic acids is 2. The minimum absolute atomic E-state index is 0.00200. The van der Waals surface area contributed by atoms with Gasteiger partial charge in [0.15, 0.2) is 6.10 Å². The van der Waals surface area contributed by atoms with Crippen LogP contribution in [0.1, 0.15) is 12.0 Å². The van der Waals surface area contributed by atoms with E-state index in [0.717, 1.165) is 16.5 Å². The third-order valence-corrected chi connectivity index (χ3v) is 5.11. The molecule has 1 atom stereocenters. The maximum Gasteiger partial charge on any atom is 0.266 e. The van der Waals surface area contributed by atoms with Gasteiger partial charge in [-0.25, -0.2) is 0 Å². The largest absolute Gasteiger partial charge is 0.478 e. The van der Waals surface area contributed by atoms with E-state index in [1.165, 1.54) is 5.56 Å². The van der Waals surface area contributed by atoms with E-state index >= 15 is 0 Å². The van der Waals surface area contributed by atoms with E-state index in [0.29, 0.717) is 18.0 Å². The Balaban J connectivity index is 1.36. The zero-order chi connectivity index (χ0) is 18.4. The molecule has 1 aliphatic rings. The number of halogens is 1. The first-order valence-corrected chi connectivity index (χ1v) is 9.80. The minimum Gasteiger partial charge on any atom is -0.478 e. The standard InChI is InChI=1S/C19H19ClN2O3S/c20-14-7-5-13(6-8-14)12-26-10-9-21-18(23)11-17-19(24)22-15-3-1-2-4-16(15)25-17/h1-8,17H,9-12H2,(H,21,23)(H,22,24)/t17-/m0/s1. The second kappa shape index (κ2) is 8.96. The second-order valence-corrected chi connectivity index (χ2v) is 7.37. The first-order valence-electron chi connectivity index (χ1n) is 8.27. The number of nitrogens with one attached hydrogen (secondary N) is 2. The summed E-state index contributed by atoms with van der Waals surface area (Å²) in [6.07, 6.45) is -0.797. The quantitative estimate of drug-likeness (QED) is 0.710. The molecule has 0 aliphatic carbocycles. The van der Waals surface area contributed by atoms with Gasteiger partial charge >= 0.3 is 0 Å². The Kier molecular flexibility index (Phi) is 6.41. The highest BCUT2D eigenvalue weighted by Crippen LogP contribution is 2.29. The molecule has 2 amide bonds. The van der Waals surface area contributed by atoms with Crippen LogP contribution in [-0.4, -0.2) is 30.2 Å². The number of rotatable bonds is 7. The number of anilines is 1. The summed E-state index contributed by atoms with van der Waals surface area (Å²) < 4.78 is 5.62. The van der Waals surface area contributed by atoms with Gasteiger partial charge in [-0.05, 0) is 29.8 Å². The molecular formula is C19H19ClN2O3S. The van der Waals surface area contributed by atoms with Crippen LogP contribution in [-0.2, 0) is 15.3 Å². The highest BCUT2D eigenvalue weighted by molar-refractivity contribution is 7.98. The summed E-state index contributed by atoms with van der Waals surface area (Å²) in [5, 5.41) is 6.31. The maximum atomic E-state index is 12.0. The lowest BCUT2D eigenvalue weighted by Crippen LogP contribution is -2.41. The Morgan fingerprint density at radius 1 is 1.19 bits per heavy atom. The summed E-state index contributed by atoms with van der Waals surface area (Å²) in [6, 6.07) is 14.9. The normalized spacial score (nSPS) is 15.6. The van der Waals surface area contributed by atoms with Crippen molar-refractivity contribution in [1.82, 2.24) is 5.32 Å². The van der Waals surface area contributed by atoms with Gasteiger partial charge in [0.25, 0.3) is 5.91 Å². The van der Waals surface area contributed by atoms with Crippen molar-refractivity contribution in [1.29, 1.82) is 0 Å². The Labute approximate surface area is 161 Å². The summed E-state index contributed by atoms with van der Waals surface area (Å²) in [5.41, 5.74) is 1.82. The van der Waals surface area contributed by atoms with E-state index in [4.69, 9.17) is 16.3 Å². The first kappa shape index (κ1) is 18.6. The van der Waals surface area contributed by atoms with E-state index in [9.17, 15) is 9.59 Å². The lowest BCUT2D eigenvalue weighted by molar-refractivity contribution is -0.130. The van der Waals surface area contributed by atoms with Crippen molar-refractivity contribution in [3.05, 3.63) is 59.1 Å². The predicted octanol–water partition coefficient (Wildman–Crippen LogP) is 3.48. The molecule has 2 N–H and O–H groups in total. The number of benzene rings is 2. The summed E-state index contributed by atoms with van der Waals surface area (Å²) >= 11 is 7.58. The molecule has 7 heteroatoms. The number of fused-ring (bicyclic) bond motifs is 1. The van der Waals surface area contributed by atoms with Crippen molar-refractivity contribution in [2.75, 3.05) is 17.6 Å². The van der Waals surface area contributed by atoms with Gasteiger partial charge in [0.2, 0.25) is 5.91 Å². The summed E-state index contributed by atoms with van der Waals surface area (Å²) in [5.74, 6) is 1.74. The fourth-order valence-corrected chi connectivity index (χ4v) is 3.45. The van der Waals surface area contributed by atoms with Crippen molar-refractivity contribution in [3.63, 3.8) is 0 Å². The molecule has 1 aliphatic heterocycles. The van der Waals surface area contributed by atoms with Crippen molar-refractivity contribution in [2.45, 2.75) is 18.3 Å². The molecule has 5 nitrogen and oxygen atoms in total. The van der Waals surface area contributed by atoms with Crippen LogP contribution in [0.15, 0.2) is 48.5 Å². The predicted molar refractivity (Wildman–Crippen MR) is 105 cm³/mol. The highest BCUT2D eigenvalue weighted by Gasteiger charge is 2.29. The molecular weight excluding hydrogens is 372 g/mol. The average Bonchev–Trinajstić information content (AvgIpc) is 2.63. The monoisotopic (exact) mass is 390 g/mol. The Morgan fingerprint density at radius 3 is 2.77 bits per heavy atom. The maximum absolute atomic E-state index is 12.0. The molecule has 0 saturated heterocycles. The van der Waals surface area contributed by atoms with Gasteiger partial charge in [0.1, 0.15) is 5.75 Å². The fourth-order valence-electron chi connectivity index (χ4n) is 2.50. The van der Waals surface area contributed by atoms with E-state index in [1.807, 2.05) is 36.4 Å². The number of ether oxygens (including phenoxy) is 1. The molecule has 0 fully saturated rings. The molecule has 2 aromatic rings. The van der Waals surface area contributed by atoms with E-state index in [2.05, 4.69) is 10.6 Å². The van der Waals surface area contributed by atoms with Gasteiger partial charge in [0.05, 0.1) is 12.1 Å². The van der Waals surface area contributed by atoms with Crippen LogP contribution in [0, 0.1) is 0 Å². The van der Waals surface area contributed by atoms with Gasteiger partial charge in [0, 0.05) is 23.1 Å². The van der Waals surface area contributed by atoms with Crippen LogP contribution >= 0.6 is 23.4 Å². The summed E-state index contributed by atoms with van der Waals surface area (Å²) in [6.45, 7) is 0.544. The number of thioether (sulfide) groups is 1. The molecule has 0 saturated carbocycles. The van der Waals surface area contributed by atoms with Crippen LogP contribution in [0.4, 0.5) is 5.69 Å². The topological polar surface area (TPSA) is 67.4 Å². The zero-order valence-electron chi connectivity index (χ0n) is 14.0. The van der Waals surface area contributed by atoms with Gasteiger partial charge < -0.3 is 15.4 Å². The Bertz CT molecular complexity index is 783. The molecule has 136 valence electrons. The van der Waals surface area contributed by atoms with Crippen LogP contribution in [0.3, 0.4) is 0 Å². The van der Waals surface area contributed by atoms with Crippen LogP contribution in [0.25, 0.3) is 0 Å². The zero-order valence-corrected chi connectivity index (χ0v) is 15.6. The van der Waals surface area contributed by atoms with Gasteiger partial charge in [-0.15, -0.1) is 0 Å². The van der Waals surface area contributed by atoms with Crippen LogP contribution in [0.5, 0.6) is 5.75 Å². The number of carbonyl (C=O) groups is 2. The molecule has 0 spiro atoms. The fraction of sp³-hybridized carbons (Fsp3) is 0.263. The number of hydrogen-bond acceptors (Lipinski definition) is 4. The molecule has 0 aromatic heterocycles. The first-order chi connectivity index (χ1) is 12.6. The number of para-hydroxylation sites is 2. The minimum atomic E-state index is -0.799. The summed E-state index contributed by atoms with van der Waals surface area (Å²) in [4.78, 5) is 24.1. The molecule has 2 aromatic carbocycles. The highest BCUT2D eigenvalue weighted by atomic mass is 35.5. The Hall–Kier alpha value is -2.18. The number of hydrogen-bond donors (Lipinski definition) is 2. The van der Waals surface area contributed by atoms with Crippen molar-refractivity contribution in [2.24, 2.45) is 0 Å². The lowest BCUT2D eigenvalue weighted by Gasteiger charge is -2.25. The van der Waals surface area contributed by atoms with Crippen LogP contribution in [0.2, 0.25) is 5.02 Å². The third kappa shape index (κ3) is 5.16. The second-order valence-electron chi connectivity index (χ2n) is 5.83. The SMILES string of the molecule is O=C(C[C@@H]1Oc2ccccc2NC1=O)NCCSCc1ccc(Cl)cc1. The van der Waals surface area contributed by atoms with Crippen LogP contribution < -0.4 is 15.4 Å². The third-order valence-electron chi connectivity index (χ3n) is 3.83. The molecule has 0 bridgehead atoms. The van der Waals surface area contributed by atoms with Crippen molar-refractivity contribution in [3.8, 4) is 5.75 Å². The van der Waals surface area contributed by atoms with Crippen molar-refractivity contribution >= 4 is 40.9 Å². The summed E-state index contributed by atoms with van der Waals surface area (Å²) in [7, 11) is 0. The average molecular weight is 391 g/mol.